The van der Waals surface area contributed by atoms with Crippen LogP contribution in [0.25, 0.3) is 0 Å². The maximum Gasteiger partial charge on any atom is 0.237 e. The summed E-state index contributed by atoms with van der Waals surface area (Å²) in [6, 6.07) is 12.4. The summed E-state index contributed by atoms with van der Waals surface area (Å²) in [6.07, 6.45) is 4.76. The van der Waals surface area contributed by atoms with E-state index in [1.165, 1.54) is 0 Å². The summed E-state index contributed by atoms with van der Waals surface area (Å²) in [5.74, 6) is 0.193. The van der Waals surface area contributed by atoms with Gasteiger partial charge in [-0.05, 0) is 55.9 Å². The molecule has 0 bridgehead atoms. The van der Waals surface area contributed by atoms with Crippen molar-refractivity contribution in [3.63, 3.8) is 0 Å². The number of nitrogens with one attached hydrogen (secondary N) is 1. The van der Waals surface area contributed by atoms with E-state index >= 15 is 0 Å². The fourth-order valence-electron chi connectivity index (χ4n) is 2.83. The SMILES string of the molecule is C[C@H](NC(=O)[C@H](N)CCc1ccccc1)C(=O)CCCc1ccnc(N)c1. The second kappa shape index (κ2) is 10.4. The van der Waals surface area contributed by atoms with Gasteiger partial charge in [-0.15, -0.1) is 0 Å². The third-order valence-corrected chi connectivity index (χ3v) is 4.50. The van der Waals surface area contributed by atoms with E-state index in [0.717, 1.165) is 24.0 Å². The average molecular weight is 368 g/mol. The number of benzene rings is 1. The fraction of sp³-hybridized carbons (Fsp3) is 0.381. The van der Waals surface area contributed by atoms with E-state index in [-0.39, 0.29) is 11.7 Å². The highest BCUT2D eigenvalue weighted by atomic mass is 16.2. The lowest BCUT2D eigenvalue weighted by atomic mass is 10.0. The Kier molecular flexibility index (Phi) is 7.95. The molecule has 1 heterocycles. The van der Waals surface area contributed by atoms with Crippen molar-refractivity contribution < 1.29 is 9.59 Å². The minimum absolute atomic E-state index is 0.000590. The molecule has 2 rings (SSSR count). The predicted octanol–water partition coefficient (Wildman–Crippen LogP) is 2.02. The highest BCUT2D eigenvalue weighted by molar-refractivity contribution is 5.90. The summed E-state index contributed by atoms with van der Waals surface area (Å²) in [7, 11) is 0. The zero-order chi connectivity index (χ0) is 19.6. The number of pyridine rings is 1. The number of ketones is 1. The maximum absolute atomic E-state index is 12.2. The van der Waals surface area contributed by atoms with Gasteiger partial charge in [-0.2, -0.15) is 0 Å². The Bertz CT molecular complexity index is 749. The second-order valence-corrected chi connectivity index (χ2v) is 6.77. The van der Waals surface area contributed by atoms with Crippen LogP contribution in [-0.4, -0.2) is 28.8 Å². The van der Waals surface area contributed by atoms with Crippen LogP contribution in [-0.2, 0) is 22.4 Å². The van der Waals surface area contributed by atoms with E-state index in [0.29, 0.717) is 25.1 Å². The van der Waals surface area contributed by atoms with E-state index in [1.54, 1.807) is 19.2 Å². The monoisotopic (exact) mass is 368 g/mol. The number of aromatic nitrogens is 1. The van der Waals surface area contributed by atoms with Gasteiger partial charge in [-0.25, -0.2) is 4.98 Å². The predicted molar refractivity (Wildman–Crippen MR) is 107 cm³/mol. The number of nitrogens with two attached hydrogens (primary N) is 2. The number of rotatable bonds is 10. The first-order valence-electron chi connectivity index (χ1n) is 9.28. The van der Waals surface area contributed by atoms with Gasteiger partial charge in [0.25, 0.3) is 0 Å². The van der Waals surface area contributed by atoms with Gasteiger partial charge in [0, 0.05) is 12.6 Å². The zero-order valence-corrected chi connectivity index (χ0v) is 15.7. The Morgan fingerprint density at radius 3 is 2.56 bits per heavy atom. The molecule has 0 radical (unpaired) electrons. The molecule has 0 saturated carbocycles. The summed E-state index contributed by atoms with van der Waals surface area (Å²) < 4.78 is 0. The normalized spacial score (nSPS) is 13.0. The number of nitrogen functional groups attached to an aromatic ring is 1. The molecule has 5 N–H and O–H groups in total. The van der Waals surface area contributed by atoms with Crippen LogP contribution >= 0.6 is 0 Å². The number of hydrogen-bond donors (Lipinski definition) is 3. The molecule has 1 aromatic carbocycles. The van der Waals surface area contributed by atoms with Crippen LogP contribution in [0.1, 0.15) is 37.3 Å². The van der Waals surface area contributed by atoms with Crippen molar-refractivity contribution in [2.24, 2.45) is 5.73 Å². The van der Waals surface area contributed by atoms with Gasteiger partial charge in [0.1, 0.15) is 5.82 Å². The largest absolute Gasteiger partial charge is 0.384 e. The Hall–Kier alpha value is -2.73. The van der Waals surface area contributed by atoms with Gasteiger partial charge in [0.15, 0.2) is 5.78 Å². The van der Waals surface area contributed by atoms with Gasteiger partial charge >= 0.3 is 0 Å². The van der Waals surface area contributed by atoms with Gasteiger partial charge in [-0.1, -0.05) is 30.3 Å². The molecule has 0 aliphatic rings. The third-order valence-electron chi connectivity index (χ3n) is 4.50. The van der Waals surface area contributed by atoms with E-state index in [1.807, 2.05) is 36.4 Å². The first-order valence-corrected chi connectivity index (χ1v) is 9.28. The molecule has 0 fully saturated rings. The van der Waals surface area contributed by atoms with Gasteiger partial charge in [0.2, 0.25) is 5.91 Å². The Morgan fingerprint density at radius 2 is 1.85 bits per heavy atom. The molecular weight excluding hydrogens is 340 g/mol. The van der Waals surface area contributed by atoms with Crippen molar-refractivity contribution in [3.05, 3.63) is 59.8 Å². The average Bonchev–Trinajstić information content (AvgIpc) is 2.66. The molecule has 6 nitrogen and oxygen atoms in total. The summed E-state index contributed by atoms with van der Waals surface area (Å²) in [4.78, 5) is 28.4. The van der Waals surface area contributed by atoms with E-state index in [4.69, 9.17) is 11.5 Å². The highest BCUT2D eigenvalue weighted by Crippen LogP contribution is 2.09. The van der Waals surface area contributed by atoms with E-state index in [2.05, 4.69) is 10.3 Å². The van der Waals surface area contributed by atoms with Gasteiger partial charge in [-0.3, -0.25) is 9.59 Å². The quantitative estimate of drug-likeness (QED) is 0.594. The fourth-order valence-corrected chi connectivity index (χ4v) is 2.83. The summed E-state index contributed by atoms with van der Waals surface area (Å²) in [6.45, 7) is 1.70. The lowest BCUT2D eigenvalue weighted by molar-refractivity contribution is -0.128. The Labute approximate surface area is 160 Å². The minimum Gasteiger partial charge on any atom is -0.384 e. The van der Waals surface area contributed by atoms with Crippen molar-refractivity contribution in [2.75, 3.05) is 5.73 Å². The molecule has 144 valence electrons. The third kappa shape index (κ3) is 7.19. The number of anilines is 1. The number of carbonyl (C=O) groups excluding carboxylic acids is 2. The van der Waals surface area contributed by atoms with Crippen molar-refractivity contribution in [2.45, 2.75) is 51.1 Å². The van der Waals surface area contributed by atoms with Gasteiger partial charge in [0.05, 0.1) is 12.1 Å². The first kappa shape index (κ1) is 20.6. The molecular formula is C21H28N4O2. The second-order valence-electron chi connectivity index (χ2n) is 6.77. The number of nitrogens with zero attached hydrogens (tertiary/aromatic N) is 1. The van der Waals surface area contributed by atoms with Crippen molar-refractivity contribution >= 4 is 17.5 Å². The van der Waals surface area contributed by atoms with Crippen LogP contribution in [0.4, 0.5) is 5.82 Å². The summed E-state index contributed by atoms with van der Waals surface area (Å²) >= 11 is 0. The zero-order valence-electron chi connectivity index (χ0n) is 15.7. The molecule has 1 aromatic heterocycles. The number of aryl methyl sites for hydroxylation is 2. The molecule has 0 saturated heterocycles. The van der Waals surface area contributed by atoms with Crippen molar-refractivity contribution in [1.82, 2.24) is 10.3 Å². The van der Waals surface area contributed by atoms with E-state index in [9.17, 15) is 9.59 Å². The molecule has 0 aliphatic carbocycles. The molecule has 0 aliphatic heterocycles. The van der Waals surface area contributed by atoms with E-state index < -0.39 is 12.1 Å². The number of carbonyl (C=O) groups is 2. The molecule has 2 atom stereocenters. The summed E-state index contributed by atoms with van der Waals surface area (Å²) in [5, 5.41) is 2.73. The minimum atomic E-state index is -0.625. The topological polar surface area (TPSA) is 111 Å². The van der Waals surface area contributed by atoms with Crippen LogP contribution < -0.4 is 16.8 Å². The molecule has 0 spiro atoms. The molecule has 2 aromatic rings. The number of amides is 1. The van der Waals surface area contributed by atoms with Crippen molar-refractivity contribution in [1.29, 1.82) is 0 Å². The van der Waals surface area contributed by atoms with Crippen LogP contribution in [0.2, 0.25) is 0 Å². The van der Waals surface area contributed by atoms with Gasteiger partial charge < -0.3 is 16.8 Å². The van der Waals surface area contributed by atoms with Crippen LogP contribution in [0, 0.1) is 0 Å². The van der Waals surface area contributed by atoms with Crippen LogP contribution in [0.5, 0.6) is 0 Å². The smallest absolute Gasteiger partial charge is 0.237 e. The summed E-state index contributed by atoms with van der Waals surface area (Å²) in [5.41, 5.74) is 13.8. The van der Waals surface area contributed by atoms with Crippen LogP contribution in [0.3, 0.4) is 0 Å². The highest BCUT2D eigenvalue weighted by Gasteiger charge is 2.19. The molecule has 27 heavy (non-hydrogen) atoms. The maximum atomic E-state index is 12.2. The van der Waals surface area contributed by atoms with Crippen LogP contribution in [0.15, 0.2) is 48.7 Å². The lowest BCUT2D eigenvalue weighted by Crippen LogP contribution is -2.47. The first-order chi connectivity index (χ1) is 13.0. The number of Topliss-reactive ketones (excluding diaryl/α,β-unsaturated/α-hetero) is 1. The molecule has 1 amide bonds. The Morgan fingerprint density at radius 1 is 1.11 bits per heavy atom. The molecule has 0 unspecified atom stereocenters. The lowest BCUT2D eigenvalue weighted by Gasteiger charge is -2.17. The standard InChI is InChI=1S/C21H28N4O2/c1-15(19(26)9-5-8-17-12-13-24-20(23)14-17)25-21(27)18(22)11-10-16-6-3-2-4-7-16/h2-4,6-7,12-15,18H,5,8-11,22H2,1H3,(H2,23,24)(H,25,27)/t15-,18+/m0/s1. The Balaban J connectivity index is 1.70. The molecule has 6 heteroatoms. The number of hydrogen-bond acceptors (Lipinski definition) is 5. The van der Waals surface area contributed by atoms with Crippen molar-refractivity contribution in [3.8, 4) is 0 Å².